The van der Waals surface area contributed by atoms with Crippen LogP contribution in [0, 0.1) is 0 Å². The molecule has 55 heavy (non-hydrogen) atoms. The lowest BCUT2D eigenvalue weighted by Crippen LogP contribution is -2.31. The summed E-state index contributed by atoms with van der Waals surface area (Å²) in [4.78, 5) is 4.58. The van der Waals surface area contributed by atoms with Crippen molar-refractivity contribution in [3.8, 4) is 55.8 Å². The molecule has 0 bridgehead atoms. The van der Waals surface area contributed by atoms with Crippen LogP contribution in [0.25, 0.3) is 55.8 Å². The monoisotopic (exact) mass is 779 g/mol. The van der Waals surface area contributed by atoms with E-state index in [-0.39, 0.29) is 16.2 Å². The van der Waals surface area contributed by atoms with Crippen molar-refractivity contribution in [2.75, 3.05) is 0 Å². The van der Waals surface area contributed by atoms with Crippen LogP contribution in [0.15, 0.2) is 144 Å². The quantitative estimate of drug-likeness (QED) is 0.139. The average molecular weight is 781 g/mol. The zero-order chi connectivity index (χ0) is 38.4. The molecule has 6 aromatic carbocycles. The van der Waals surface area contributed by atoms with Gasteiger partial charge in [-0.3, -0.25) is 0 Å². The first kappa shape index (κ1) is 35.6. The highest BCUT2D eigenvalue weighted by Crippen LogP contribution is 2.52. The van der Waals surface area contributed by atoms with Crippen LogP contribution in [0.2, 0.25) is 0 Å². The number of rotatable bonds is 3. The predicted molar refractivity (Wildman–Crippen MR) is 232 cm³/mol. The number of halogens is 1. The Hall–Kier alpha value is -5.07. The van der Waals surface area contributed by atoms with E-state index in [0.29, 0.717) is 5.46 Å². The lowest BCUT2D eigenvalue weighted by atomic mass is 9.75. The Morgan fingerprint density at radius 1 is 0.418 bits per heavy atom. The van der Waals surface area contributed by atoms with Gasteiger partial charge in [-0.2, -0.15) is 0 Å². The van der Waals surface area contributed by atoms with Gasteiger partial charge in [-0.05, 0) is 130 Å². The fraction of sp³-hybridized carbons (Fsp3) is 0.180. The van der Waals surface area contributed by atoms with Crippen LogP contribution in [-0.2, 0) is 16.2 Å². The zero-order valence-corrected chi connectivity index (χ0v) is 33.7. The van der Waals surface area contributed by atoms with E-state index in [1.54, 1.807) is 0 Å². The van der Waals surface area contributed by atoms with E-state index in [9.17, 15) is 10.0 Å². The number of aromatic nitrogens is 1. The van der Waals surface area contributed by atoms with Crippen LogP contribution < -0.4 is 5.46 Å². The summed E-state index contributed by atoms with van der Waals surface area (Å²) in [6.07, 6.45) is 0. The Morgan fingerprint density at radius 2 is 0.818 bits per heavy atom. The number of pyridine rings is 1. The van der Waals surface area contributed by atoms with Crippen LogP contribution in [0.5, 0.6) is 0 Å². The van der Waals surface area contributed by atoms with Gasteiger partial charge in [-0.1, -0.05) is 151 Å². The van der Waals surface area contributed by atoms with Gasteiger partial charge in [-0.15, -0.1) is 0 Å². The molecule has 0 amide bonds. The standard InChI is InChI=1S/C30H27BO2.C20H16BrN/c1-29(2)25-8-6-5-7-21(25)22-12-9-18(15-26(22)29)19-10-13-23-24-14-11-20(31(32)33)17-28(24)30(3,4)27(23)16-19;1-20(2)16-7-4-3-6-14(16)15-11-10-13(12-17(15)20)18-8-5-9-19(21)22-18/h5-17,32-33H,1-4H3;3-12H,1-2H3. The maximum absolute atomic E-state index is 9.67. The molecule has 3 nitrogen and oxygen atoms in total. The fourth-order valence-corrected chi connectivity index (χ4v) is 9.76. The second kappa shape index (κ2) is 12.7. The lowest BCUT2D eigenvalue weighted by Gasteiger charge is -2.23. The molecule has 7 aromatic rings. The maximum Gasteiger partial charge on any atom is 0.488 e. The summed E-state index contributed by atoms with van der Waals surface area (Å²) in [7, 11) is -1.45. The molecule has 2 N–H and O–H groups in total. The van der Waals surface area contributed by atoms with Crippen LogP contribution in [0.1, 0.15) is 74.9 Å². The van der Waals surface area contributed by atoms with E-state index in [2.05, 4.69) is 172 Å². The number of fused-ring (bicyclic) bond motifs is 9. The van der Waals surface area contributed by atoms with Crippen molar-refractivity contribution < 1.29 is 10.0 Å². The minimum atomic E-state index is -1.45. The molecular weight excluding hydrogens is 737 g/mol. The second-order valence-electron chi connectivity index (χ2n) is 16.8. The van der Waals surface area contributed by atoms with Gasteiger partial charge in [0.05, 0.1) is 5.69 Å². The second-order valence-corrected chi connectivity index (χ2v) is 17.6. The summed E-state index contributed by atoms with van der Waals surface area (Å²) in [6.45, 7) is 13.7. The Balaban J connectivity index is 0.000000157. The van der Waals surface area contributed by atoms with E-state index in [1.165, 1.54) is 77.9 Å². The van der Waals surface area contributed by atoms with Crippen molar-refractivity contribution in [1.29, 1.82) is 0 Å². The number of nitrogens with zero attached hydrogens (tertiary/aromatic N) is 1. The average Bonchev–Trinajstić information content (AvgIpc) is 3.67. The van der Waals surface area contributed by atoms with Crippen LogP contribution in [-0.4, -0.2) is 22.2 Å². The number of benzene rings is 6. The Labute approximate surface area is 333 Å². The van der Waals surface area contributed by atoms with Crippen molar-refractivity contribution in [3.63, 3.8) is 0 Å². The molecule has 0 radical (unpaired) electrons. The predicted octanol–water partition coefficient (Wildman–Crippen LogP) is 11.5. The van der Waals surface area contributed by atoms with E-state index in [4.69, 9.17) is 0 Å². The van der Waals surface area contributed by atoms with Gasteiger partial charge in [0.15, 0.2) is 0 Å². The largest absolute Gasteiger partial charge is 0.488 e. The summed E-state index contributed by atoms with van der Waals surface area (Å²) in [6, 6.07) is 49.6. The normalized spacial score (nSPS) is 15.4. The molecule has 10 rings (SSSR count). The minimum Gasteiger partial charge on any atom is -0.423 e. The molecule has 3 aliphatic carbocycles. The summed E-state index contributed by atoms with van der Waals surface area (Å²) < 4.78 is 0.869. The van der Waals surface area contributed by atoms with Crippen molar-refractivity contribution in [3.05, 3.63) is 178 Å². The smallest absolute Gasteiger partial charge is 0.423 e. The molecule has 0 spiro atoms. The first-order chi connectivity index (χ1) is 26.3. The molecule has 270 valence electrons. The van der Waals surface area contributed by atoms with E-state index in [0.717, 1.165) is 15.9 Å². The summed E-state index contributed by atoms with van der Waals surface area (Å²) in [5, 5.41) is 19.3. The van der Waals surface area contributed by atoms with Gasteiger partial charge >= 0.3 is 7.12 Å². The lowest BCUT2D eigenvalue weighted by molar-refractivity contribution is 0.425. The van der Waals surface area contributed by atoms with Crippen molar-refractivity contribution >= 4 is 28.5 Å². The Kier molecular flexibility index (Phi) is 8.25. The molecule has 1 heterocycles. The number of hydrogen-bond donors (Lipinski definition) is 2. The molecule has 0 saturated heterocycles. The van der Waals surface area contributed by atoms with E-state index >= 15 is 0 Å². The third kappa shape index (κ3) is 5.58. The van der Waals surface area contributed by atoms with Gasteiger partial charge in [0.25, 0.3) is 0 Å². The SMILES string of the molecule is CC1(C)c2ccccc2-c2ccc(-c3ccc4c(c3)C(C)(C)c3cc(B(O)O)ccc3-4)cc21.CC1(C)c2ccccc2-c2ccc(-c3cccc(Br)n3)cc21. The maximum atomic E-state index is 9.67. The topological polar surface area (TPSA) is 53.4 Å². The van der Waals surface area contributed by atoms with Gasteiger partial charge in [0.2, 0.25) is 0 Å². The summed E-state index contributed by atoms with van der Waals surface area (Å²) >= 11 is 3.46. The first-order valence-corrected chi connectivity index (χ1v) is 19.8. The highest BCUT2D eigenvalue weighted by Gasteiger charge is 2.38. The van der Waals surface area contributed by atoms with E-state index in [1.807, 2.05) is 30.3 Å². The van der Waals surface area contributed by atoms with Crippen LogP contribution in [0.3, 0.4) is 0 Å². The fourth-order valence-electron chi connectivity index (χ4n) is 9.41. The summed E-state index contributed by atoms with van der Waals surface area (Å²) in [5.41, 5.74) is 20.7. The number of hydrogen-bond acceptors (Lipinski definition) is 3. The molecule has 3 aliphatic rings. The molecule has 0 unspecified atom stereocenters. The summed E-state index contributed by atoms with van der Waals surface area (Å²) in [5.74, 6) is 0. The minimum absolute atomic E-state index is 0.0182. The van der Waals surface area contributed by atoms with Gasteiger partial charge in [0, 0.05) is 21.8 Å². The van der Waals surface area contributed by atoms with Crippen molar-refractivity contribution in [1.82, 2.24) is 4.98 Å². The highest BCUT2D eigenvalue weighted by atomic mass is 79.9. The highest BCUT2D eigenvalue weighted by molar-refractivity contribution is 9.10. The third-order valence-corrected chi connectivity index (χ3v) is 13.0. The third-order valence-electron chi connectivity index (χ3n) is 12.5. The molecule has 0 saturated carbocycles. The zero-order valence-electron chi connectivity index (χ0n) is 32.1. The molecule has 1 aromatic heterocycles. The molecule has 0 aliphatic heterocycles. The molecule has 0 atom stereocenters. The van der Waals surface area contributed by atoms with Crippen LogP contribution >= 0.6 is 15.9 Å². The van der Waals surface area contributed by atoms with Crippen molar-refractivity contribution in [2.45, 2.75) is 57.8 Å². The van der Waals surface area contributed by atoms with Gasteiger partial charge < -0.3 is 10.0 Å². The van der Waals surface area contributed by atoms with Crippen molar-refractivity contribution in [2.24, 2.45) is 0 Å². The van der Waals surface area contributed by atoms with Gasteiger partial charge in [0.1, 0.15) is 4.60 Å². The molecular formula is C50H43BBrNO2. The Morgan fingerprint density at radius 3 is 1.31 bits per heavy atom. The van der Waals surface area contributed by atoms with Gasteiger partial charge in [-0.25, -0.2) is 4.98 Å². The Bertz CT molecular complexity index is 2690. The first-order valence-electron chi connectivity index (χ1n) is 19.0. The van der Waals surface area contributed by atoms with E-state index < -0.39 is 7.12 Å². The van der Waals surface area contributed by atoms with Crippen LogP contribution in [0.4, 0.5) is 0 Å². The molecule has 5 heteroatoms. The molecule has 0 fully saturated rings.